The molecular weight excluding hydrogens is 211 g/mol. The Morgan fingerprint density at radius 2 is 2.38 bits per heavy atom. The molecular formula is C10H11FN4O. The maximum Gasteiger partial charge on any atom is 0.222 e. The SMILES string of the molecule is CC(Nc1nc(N)ncc1F)c1ccco1. The molecule has 1 unspecified atom stereocenters. The van der Waals surface area contributed by atoms with Crippen molar-refractivity contribution in [2.75, 3.05) is 11.1 Å². The summed E-state index contributed by atoms with van der Waals surface area (Å²) in [5.41, 5.74) is 5.37. The van der Waals surface area contributed by atoms with Crippen molar-refractivity contribution in [1.82, 2.24) is 9.97 Å². The van der Waals surface area contributed by atoms with E-state index >= 15 is 0 Å². The fourth-order valence-corrected chi connectivity index (χ4v) is 1.30. The highest BCUT2D eigenvalue weighted by atomic mass is 19.1. The monoisotopic (exact) mass is 222 g/mol. The molecule has 0 fully saturated rings. The van der Waals surface area contributed by atoms with Crippen molar-refractivity contribution in [2.45, 2.75) is 13.0 Å². The minimum absolute atomic E-state index is 0.0237. The molecule has 6 heteroatoms. The van der Waals surface area contributed by atoms with Crippen LogP contribution < -0.4 is 11.1 Å². The molecule has 1 atom stereocenters. The van der Waals surface area contributed by atoms with Crippen LogP contribution in [-0.4, -0.2) is 9.97 Å². The number of hydrogen-bond acceptors (Lipinski definition) is 5. The Morgan fingerprint density at radius 3 is 3.06 bits per heavy atom. The van der Waals surface area contributed by atoms with Crippen LogP contribution in [0.2, 0.25) is 0 Å². The first-order chi connectivity index (χ1) is 7.66. The highest BCUT2D eigenvalue weighted by Crippen LogP contribution is 2.20. The van der Waals surface area contributed by atoms with Crippen molar-refractivity contribution in [3.63, 3.8) is 0 Å². The molecule has 3 N–H and O–H groups in total. The van der Waals surface area contributed by atoms with Crippen molar-refractivity contribution in [2.24, 2.45) is 0 Å². The minimum Gasteiger partial charge on any atom is -0.467 e. The predicted octanol–water partition coefficient (Wildman–Crippen LogP) is 1.96. The van der Waals surface area contributed by atoms with E-state index in [1.807, 2.05) is 6.92 Å². The van der Waals surface area contributed by atoms with E-state index in [4.69, 9.17) is 10.2 Å². The van der Waals surface area contributed by atoms with Crippen LogP contribution >= 0.6 is 0 Å². The zero-order valence-corrected chi connectivity index (χ0v) is 8.64. The van der Waals surface area contributed by atoms with Gasteiger partial charge in [0.1, 0.15) is 5.76 Å². The second-order valence-electron chi connectivity index (χ2n) is 3.31. The van der Waals surface area contributed by atoms with Gasteiger partial charge in [-0.25, -0.2) is 9.37 Å². The predicted molar refractivity (Wildman–Crippen MR) is 57.1 cm³/mol. The molecule has 0 aliphatic rings. The van der Waals surface area contributed by atoms with E-state index < -0.39 is 5.82 Å². The third-order valence-electron chi connectivity index (χ3n) is 2.09. The van der Waals surface area contributed by atoms with Crippen LogP contribution in [0.15, 0.2) is 29.0 Å². The van der Waals surface area contributed by atoms with Crippen molar-refractivity contribution in [3.05, 3.63) is 36.2 Å². The van der Waals surface area contributed by atoms with Crippen LogP contribution in [0.25, 0.3) is 0 Å². The lowest BCUT2D eigenvalue weighted by molar-refractivity contribution is 0.488. The van der Waals surface area contributed by atoms with E-state index in [1.165, 1.54) is 0 Å². The molecule has 0 aliphatic heterocycles. The summed E-state index contributed by atoms with van der Waals surface area (Å²) in [6.07, 6.45) is 2.58. The molecule has 2 rings (SSSR count). The van der Waals surface area contributed by atoms with Gasteiger partial charge in [-0.2, -0.15) is 4.98 Å². The maximum absolute atomic E-state index is 13.3. The summed E-state index contributed by atoms with van der Waals surface area (Å²) in [7, 11) is 0. The molecule has 0 aromatic carbocycles. The number of nitrogens with two attached hydrogens (primary N) is 1. The van der Waals surface area contributed by atoms with Gasteiger partial charge in [-0.05, 0) is 19.1 Å². The van der Waals surface area contributed by atoms with E-state index in [0.717, 1.165) is 6.20 Å². The van der Waals surface area contributed by atoms with Crippen LogP contribution in [-0.2, 0) is 0 Å². The zero-order valence-electron chi connectivity index (χ0n) is 8.64. The Labute approximate surface area is 91.5 Å². The van der Waals surface area contributed by atoms with Gasteiger partial charge in [-0.1, -0.05) is 0 Å². The Morgan fingerprint density at radius 1 is 1.56 bits per heavy atom. The number of nitrogens with one attached hydrogen (secondary N) is 1. The van der Waals surface area contributed by atoms with Gasteiger partial charge in [0.25, 0.3) is 0 Å². The first-order valence-corrected chi connectivity index (χ1v) is 4.75. The summed E-state index contributed by atoms with van der Waals surface area (Å²) >= 11 is 0. The van der Waals surface area contributed by atoms with Crippen molar-refractivity contribution < 1.29 is 8.81 Å². The maximum atomic E-state index is 13.3. The molecule has 2 aromatic rings. The summed E-state index contributed by atoms with van der Waals surface area (Å²) < 4.78 is 18.5. The topological polar surface area (TPSA) is 77.0 Å². The smallest absolute Gasteiger partial charge is 0.222 e. The van der Waals surface area contributed by atoms with E-state index in [-0.39, 0.29) is 17.8 Å². The summed E-state index contributed by atoms with van der Waals surface area (Å²) in [6.45, 7) is 1.83. The van der Waals surface area contributed by atoms with Gasteiger partial charge in [0.05, 0.1) is 18.5 Å². The normalized spacial score (nSPS) is 12.4. The Bertz CT molecular complexity index is 472. The van der Waals surface area contributed by atoms with E-state index in [1.54, 1.807) is 18.4 Å². The molecule has 5 nitrogen and oxygen atoms in total. The molecule has 2 heterocycles. The number of aromatic nitrogens is 2. The third-order valence-corrected chi connectivity index (χ3v) is 2.09. The molecule has 0 bridgehead atoms. The second-order valence-corrected chi connectivity index (χ2v) is 3.31. The van der Waals surface area contributed by atoms with Crippen molar-refractivity contribution in [3.8, 4) is 0 Å². The fraction of sp³-hybridized carbons (Fsp3) is 0.200. The average molecular weight is 222 g/mol. The molecule has 0 amide bonds. The first-order valence-electron chi connectivity index (χ1n) is 4.75. The molecule has 0 saturated heterocycles. The quantitative estimate of drug-likeness (QED) is 0.830. The Kier molecular flexibility index (Phi) is 2.72. The molecule has 16 heavy (non-hydrogen) atoms. The Balaban J connectivity index is 2.17. The summed E-state index contributed by atoms with van der Waals surface area (Å²) in [5, 5.41) is 2.85. The summed E-state index contributed by atoms with van der Waals surface area (Å²) in [6, 6.07) is 3.36. The van der Waals surface area contributed by atoms with Gasteiger partial charge in [0.2, 0.25) is 5.95 Å². The van der Waals surface area contributed by atoms with Gasteiger partial charge < -0.3 is 15.5 Å². The van der Waals surface area contributed by atoms with Crippen LogP contribution in [0, 0.1) is 5.82 Å². The number of rotatable bonds is 3. The molecule has 84 valence electrons. The average Bonchev–Trinajstić information content (AvgIpc) is 2.76. The van der Waals surface area contributed by atoms with Gasteiger partial charge in [-0.3, -0.25) is 0 Å². The molecule has 0 radical (unpaired) electrons. The Hall–Kier alpha value is -2.11. The lowest BCUT2D eigenvalue weighted by Gasteiger charge is -2.12. The van der Waals surface area contributed by atoms with E-state index in [0.29, 0.717) is 5.76 Å². The van der Waals surface area contributed by atoms with Crippen molar-refractivity contribution in [1.29, 1.82) is 0 Å². The lowest BCUT2D eigenvalue weighted by atomic mass is 10.2. The number of nitrogen functional groups attached to an aromatic ring is 1. The molecule has 0 aliphatic carbocycles. The molecule has 0 spiro atoms. The molecule has 2 aromatic heterocycles. The van der Waals surface area contributed by atoms with Gasteiger partial charge in [-0.15, -0.1) is 0 Å². The number of nitrogens with zero attached hydrogens (tertiary/aromatic N) is 2. The number of halogens is 1. The largest absolute Gasteiger partial charge is 0.467 e. The molecule has 0 saturated carbocycles. The first kappa shape index (κ1) is 10.4. The van der Waals surface area contributed by atoms with E-state index in [9.17, 15) is 4.39 Å². The van der Waals surface area contributed by atoms with Crippen LogP contribution in [0.4, 0.5) is 16.2 Å². The number of hydrogen-bond donors (Lipinski definition) is 2. The second kappa shape index (κ2) is 4.18. The van der Waals surface area contributed by atoms with Gasteiger partial charge in [0.15, 0.2) is 11.6 Å². The van der Waals surface area contributed by atoms with E-state index in [2.05, 4.69) is 15.3 Å². The third kappa shape index (κ3) is 2.10. The number of anilines is 2. The minimum atomic E-state index is -0.549. The fourth-order valence-electron chi connectivity index (χ4n) is 1.30. The van der Waals surface area contributed by atoms with Gasteiger partial charge >= 0.3 is 0 Å². The standard InChI is InChI=1S/C10H11FN4O/c1-6(8-3-2-4-16-8)14-9-7(11)5-13-10(12)15-9/h2-6H,1H3,(H3,12,13,14,15). The number of furan rings is 1. The lowest BCUT2D eigenvalue weighted by Crippen LogP contribution is -2.10. The summed E-state index contributed by atoms with van der Waals surface area (Å²) in [5.74, 6) is 0.233. The highest BCUT2D eigenvalue weighted by Gasteiger charge is 2.12. The van der Waals surface area contributed by atoms with Gasteiger partial charge in [0, 0.05) is 0 Å². The highest BCUT2D eigenvalue weighted by molar-refractivity contribution is 5.40. The van der Waals surface area contributed by atoms with Crippen LogP contribution in [0.5, 0.6) is 0 Å². The zero-order chi connectivity index (χ0) is 11.5. The van der Waals surface area contributed by atoms with Crippen LogP contribution in [0.3, 0.4) is 0 Å². The van der Waals surface area contributed by atoms with Crippen molar-refractivity contribution >= 4 is 11.8 Å². The van der Waals surface area contributed by atoms with Crippen LogP contribution in [0.1, 0.15) is 18.7 Å². The summed E-state index contributed by atoms with van der Waals surface area (Å²) in [4.78, 5) is 7.30.